The Morgan fingerprint density at radius 3 is 2.35 bits per heavy atom. The molecule has 134 valence electrons. The molecule has 0 aromatic heterocycles. The molecule has 0 bridgehead atoms. The molecule has 0 amide bonds. The van der Waals surface area contributed by atoms with Crippen molar-refractivity contribution in [2.45, 2.75) is 13.3 Å². The van der Waals surface area contributed by atoms with Gasteiger partial charge in [0, 0.05) is 29.7 Å². The number of Topliss-reactive ketones (excluding diaryl/α,β-unsaturated/α-hetero) is 1. The van der Waals surface area contributed by atoms with E-state index < -0.39 is 16.8 Å². The molecule has 0 spiro atoms. The molecular formula is C20H19NO5. The van der Waals surface area contributed by atoms with Crippen molar-refractivity contribution in [3.8, 4) is 5.75 Å². The molecule has 6 heteroatoms. The average Bonchev–Trinajstić information content (AvgIpc) is 2.60. The molecule has 0 radical (unpaired) electrons. The van der Waals surface area contributed by atoms with Crippen LogP contribution in [-0.2, 0) is 4.79 Å². The monoisotopic (exact) mass is 353 g/mol. The number of carbonyl (C=O) groups excluding carboxylic acids is 2. The van der Waals surface area contributed by atoms with Crippen LogP contribution >= 0.6 is 0 Å². The molecule has 2 aromatic carbocycles. The first kappa shape index (κ1) is 19.1. The van der Waals surface area contributed by atoms with Crippen molar-refractivity contribution >= 4 is 17.8 Å². The number of ether oxygens (including phenoxy) is 1. The van der Waals surface area contributed by atoms with Crippen LogP contribution in [0.15, 0.2) is 60.7 Å². The molecule has 0 unspecified atom stereocenters. The minimum Gasteiger partial charge on any atom is -0.427 e. The van der Waals surface area contributed by atoms with Crippen LogP contribution in [0.3, 0.4) is 0 Å². The predicted octanol–water partition coefficient (Wildman–Crippen LogP) is 3.79. The van der Waals surface area contributed by atoms with Crippen LogP contribution in [0, 0.1) is 16.0 Å². The average molecular weight is 353 g/mol. The number of benzene rings is 2. The number of carbonyl (C=O) groups is 2. The smallest absolute Gasteiger partial charge is 0.308 e. The van der Waals surface area contributed by atoms with E-state index in [-0.39, 0.29) is 18.7 Å². The molecule has 0 N–H and O–H groups in total. The number of hydrogen-bond acceptors (Lipinski definition) is 5. The largest absolute Gasteiger partial charge is 0.427 e. The molecule has 0 fully saturated rings. The van der Waals surface area contributed by atoms with Crippen LogP contribution < -0.4 is 4.74 Å². The lowest BCUT2D eigenvalue weighted by molar-refractivity contribution is -0.485. The molecule has 6 nitrogen and oxygen atoms in total. The quantitative estimate of drug-likeness (QED) is 0.237. The maximum atomic E-state index is 12.4. The van der Waals surface area contributed by atoms with Crippen molar-refractivity contribution < 1.29 is 19.2 Å². The van der Waals surface area contributed by atoms with Crippen LogP contribution in [0.5, 0.6) is 5.75 Å². The maximum Gasteiger partial charge on any atom is 0.308 e. The fourth-order valence-corrected chi connectivity index (χ4v) is 2.43. The zero-order valence-corrected chi connectivity index (χ0v) is 14.3. The van der Waals surface area contributed by atoms with E-state index in [1.807, 2.05) is 30.3 Å². The summed E-state index contributed by atoms with van der Waals surface area (Å²) >= 11 is 0. The van der Waals surface area contributed by atoms with E-state index in [4.69, 9.17) is 4.74 Å². The molecule has 26 heavy (non-hydrogen) atoms. The summed E-state index contributed by atoms with van der Waals surface area (Å²) < 4.78 is 4.92. The third-order valence-corrected chi connectivity index (χ3v) is 3.63. The Labute approximate surface area is 151 Å². The number of nitro groups is 1. The highest BCUT2D eigenvalue weighted by Gasteiger charge is 2.18. The third kappa shape index (κ3) is 6.32. The molecule has 0 saturated heterocycles. The van der Waals surface area contributed by atoms with Gasteiger partial charge in [-0.1, -0.05) is 42.5 Å². The van der Waals surface area contributed by atoms with Gasteiger partial charge in [0.2, 0.25) is 6.54 Å². The van der Waals surface area contributed by atoms with Crippen LogP contribution in [0.2, 0.25) is 0 Å². The minimum atomic E-state index is -0.508. The lowest BCUT2D eigenvalue weighted by Gasteiger charge is -2.08. The zero-order chi connectivity index (χ0) is 18.9. The van der Waals surface area contributed by atoms with Gasteiger partial charge >= 0.3 is 5.97 Å². The Kier molecular flexibility index (Phi) is 6.79. The van der Waals surface area contributed by atoms with E-state index in [0.717, 1.165) is 5.56 Å². The summed E-state index contributed by atoms with van der Waals surface area (Å²) in [5, 5.41) is 10.9. The van der Waals surface area contributed by atoms with Gasteiger partial charge in [-0.3, -0.25) is 19.7 Å². The van der Waals surface area contributed by atoms with Gasteiger partial charge in [-0.2, -0.15) is 0 Å². The summed E-state index contributed by atoms with van der Waals surface area (Å²) in [4.78, 5) is 33.8. The summed E-state index contributed by atoms with van der Waals surface area (Å²) in [6, 6.07) is 15.5. The Hall–Kier alpha value is -3.28. The number of esters is 1. The molecule has 0 aliphatic heterocycles. The van der Waals surface area contributed by atoms with Crippen molar-refractivity contribution in [2.75, 3.05) is 6.54 Å². The van der Waals surface area contributed by atoms with Gasteiger partial charge in [0.15, 0.2) is 5.78 Å². The SMILES string of the molecule is CC(=O)Oc1ccc(C(=O)C[C@@H](/C=C/c2ccccc2)C[N+](=O)[O-])cc1. The van der Waals surface area contributed by atoms with Gasteiger partial charge in [0.05, 0.1) is 0 Å². The molecular weight excluding hydrogens is 334 g/mol. The molecule has 0 heterocycles. The highest BCUT2D eigenvalue weighted by Crippen LogP contribution is 2.17. The summed E-state index contributed by atoms with van der Waals surface area (Å²) in [5.74, 6) is -0.809. The Morgan fingerprint density at radius 2 is 1.77 bits per heavy atom. The fraction of sp³-hybridized carbons (Fsp3) is 0.200. The molecule has 0 aliphatic carbocycles. The standard InChI is InChI=1S/C20H19NO5/c1-15(22)26-19-11-9-18(10-12-19)20(23)13-17(14-21(24)25)8-7-16-5-3-2-4-6-16/h2-12,17H,13-14H2,1H3/b8-7+/t17-/m1/s1. The van der Waals surface area contributed by atoms with Crippen molar-refractivity contribution in [3.63, 3.8) is 0 Å². The zero-order valence-electron chi connectivity index (χ0n) is 14.3. The lowest BCUT2D eigenvalue weighted by atomic mass is 9.97. The Balaban J connectivity index is 2.06. The Morgan fingerprint density at radius 1 is 1.12 bits per heavy atom. The maximum absolute atomic E-state index is 12.4. The summed E-state index contributed by atoms with van der Waals surface area (Å²) in [6.07, 6.45) is 3.51. The second kappa shape index (κ2) is 9.27. The van der Waals surface area contributed by atoms with E-state index in [0.29, 0.717) is 11.3 Å². The fourth-order valence-electron chi connectivity index (χ4n) is 2.43. The van der Waals surface area contributed by atoms with Crippen molar-refractivity contribution in [2.24, 2.45) is 5.92 Å². The minimum absolute atomic E-state index is 0.0250. The molecule has 2 aromatic rings. The summed E-state index contributed by atoms with van der Waals surface area (Å²) in [5.41, 5.74) is 1.33. The van der Waals surface area contributed by atoms with E-state index >= 15 is 0 Å². The molecule has 0 aliphatic rings. The molecule has 2 rings (SSSR count). The van der Waals surface area contributed by atoms with Gasteiger partial charge in [-0.25, -0.2) is 0 Å². The summed E-state index contributed by atoms with van der Waals surface area (Å²) in [7, 11) is 0. The van der Waals surface area contributed by atoms with Crippen molar-refractivity contribution in [1.82, 2.24) is 0 Å². The highest BCUT2D eigenvalue weighted by molar-refractivity contribution is 5.96. The topological polar surface area (TPSA) is 86.5 Å². The van der Waals surface area contributed by atoms with Crippen LogP contribution in [0.4, 0.5) is 0 Å². The van der Waals surface area contributed by atoms with E-state index in [1.165, 1.54) is 19.1 Å². The highest BCUT2D eigenvalue weighted by atomic mass is 16.6. The van der Waals surface area contributed by atoms with Crippen molar-refractivity contribution in [3.05, 3.63) is 81.9 Å². The first-order valence-electron chi connectivity index (χ1n) is 8.11. The van der Waals surface area contributed by atoms with Gasteiger partial charge in [-0.05, 0) is 29.8 Å². The van der Waals surface area contributed by atoms with Crippen molar-refractivity contribution in [1.29, 1.82) is 0 Å². The third-order valence-electron chi connectivity index (χ3n) is 3.63. The Bertz CT molecular complexity index is 797. The second-order valence-corrected chi connectivity index (χ2v) is 5.79. The van der Waals surface area contributed by atoms with Crippen LogP contribution in [-0.4, -0.2) is 23.2 Å². The number of rotatable bonds is 8. The normalized spacial score (nSPS) is 11.9. The van der Waals surface area contributed by atoms with Gasteiger partial charge in [0.1, 0.15) is 5.75 Å². The summed E-state index contributed by atoms with van der Waals surface area (Å²) in [6.45, 7) is 0.973. The van der Waals surface area contributed by atoms with E-state index in [9.17, 15) is 19.7 Å². The predicted molar refractivity (Wildman–Crippen MR) is 97.5 cm³/mol. The first-order valence-corrected chi connectivity index (χ1v) is 8.11. The molecule has 1 atom stereocenters. The van der Waals surface area contributed by atoms with Crippen LogP contribution in [0.1, 0.15) is 29.3 Å². The first-order chi connectivity index (χ1) is 12.4. The van der Waals surface area contributed by atoms with Gasteiger partial charge in [-0.15, -0.1) is 0 Å². The van der Waals surface area contributed by atoms with Crippen LogP contribution in [0.25, 0.3) is 6.08 Å². The number of ketones is 1. The lowest BCUT2D eigenvalue weighted by Crippen LogP contribution is -2.16. The van der Waals surface area contributed by atoms with E-state index in [1.54, 1.807) is 24.3 Å². The van der Waals surface area contributed by atoms with Gasteiger partial charge < -0.3 is 4.74 Å². The molecule has 0 saturated carbocycles. The number of hydrogen-bond donors (Lipinski definition) is 0. The second-order valence-electron chi connectivity index (χ2n) is 5.79. The van der Waals surface area contributed by atoms with Gasteiger partial charge in [0.25, 0.3) is 0 Å². The number of nitrogens with zero attached hydrogens (tertiary/aromatic N) is 1. The van der Waals surface area contributed by atoms with E-state index in [2.05, 4.69) is 0 Å².